The summed E-state index contributed by atoms with van der Waals surface area (Å²) in [7, 11) is 0. The maximum atomic E-state index is 13.1. The Morgan fingerprint density at radius 2 is 2.12 bits per heavy atom. The van der Waals surface area contributed by atoms with Gasteiger partial charge in [-0.05, 0) is 18.2 Å². The SMILES string of the molecule is O=C(c1cccc(N2CCNC2=O)c1)N1CCOC2(CNCCOC2)C1. The van der Waals surface area contributed by atoms with Gasteiger partial charge in [-0.15, -0.1) is 0 Å². The maximum Gasteiger partial charge on any atom is 0.321 e. The van der Waals surface area contributed by atoms with E-state index in [-0.39, 0.29) is 11.9 Å². The third-order valence-electron chi connectivity index (χ3n) is 5.03. The van der Waals surface area contributed by atoms with Crippen LogP contribution in [0.2, 0.25) is 0 Å². The number of rotatable bonds is 2. The van der Waals surface area contributed by atoms with Crippen LogP contribution < -0.4 is 15.5 Å². The van der Waals surface area contributed by atoms with Gasteiger partial charge in [0.1, 0.15) is 5.60 Å². The van der Waals surface area contributed by atoms with Crippen molar-refractivity contribution >= 4 is 17.6 Å². The molecule has 3 saturated heterocycles. The van der Waals surface area contributed by atoms with E-state index < -0.39 is 5.60 Å². The molecule has 3 heterocycles. The first-order valence-corrected chi connectivity index (χ1v) is 9.04. The molecular weight excluding hydrogens is 336 g/mol. The number of nitrogens with zero attached hydrogens (tertiary/aromatic N) is 2. The first kappa shape index (κ1) is 17.3. The summed E-state index contributed by atoms with van der Waals surface area (Å²) in [5.41, 5.74) is 0.840. The lowest BCUT2D eigenvalue weighted by atomic mass is 10.0. The molecule has 2 N–H and O–H groups in total. The molecule has 1 aromatic rings. The van der Waals surface area contributed by atoms with Gasteiger partial charge in [-0.1, -0.05) is 6.07 Å². The molecule has 0 aliphatic carbocycles. The number of ether oxygens (including phenoxy) is 2. The smallest absolute Gasteiger partial charge is 0.321 e. The molecule has 0 bridgehead atoms. The van der Waals surface area contributed by atoms with E-state index in [0.717, 1.165) is 12.2 Å². The first-order chi connectivity index (χ1) is 12.7. The minimum absolute atomic E-state index is 0.0432. The van der Waals surface area contributed by atoms with E-state index in [2.05, 4.69) is 10.6 Å². The Morgan fingerprint density at radius 1 is 1.19 bits per heavy atom. The molecule has 0 aromatic heterocycles. The molecule has 8 nitrogen and oxygen atoms in total. The lowest BCUT2D eigenvalue weighted by Crippen LogP contribution is -2.59. The number of hydrogen-bond donors (Lipinski definition) is 2. The Labute approximate surface area is 152 Å². The molecular formula is C18H24N4O4. The second-order valence-corrected chi connectivity index (χ2v) is 6.92. The summed E-state index contributed by atoms with van der Waals surface area (Å²) in [5, 5.41) is 6.10. The van der Waals surface area contributed by atoms with Crippen LogP contribution in [0.5, 0.6) is 0 Å². The zero-order valence-electron chi connectivity index (χ0n) is 14.7. The van der Waals surface area contributed by atoms with Crippen molar-refractivity contribution in [1.82, 2.24) is 15.5 Å². The fourth-order valence-corrected chi connectivity index (χ4v) is 3.69. The Morgan fingerprint density at radius 3 is 2.96 bits per heavy atom. The van der Waals surface area contributed by atoms with E-state index >= 15 is 0 Å². The third-order valence-corrected chi connectivity index (χ3v) is 5.03. The van der Waals surface area contributed by atoms with Gasteiger partial charge < -0.3 is 25.0 Å². The summed E-state index contributed by atoms with van der Waals surface area (Å²) in [6.45, 7) is 5.37. The van der Waals surface area contributed by atoms with E-state index in [0.29, 0.717) is 58.1 Å². The molecule has 3 aliphatic rings. The van der Waals surface area contributed by atoms with E-state index in [9.17, 15) is 9.59 Å². The van der Waals surface area contributed by atoms with Gasteiger partial charge in [-0.2, -0.15) is 0 Å². The second-order valence-electron chi connectivity index (χ2n) is 6.92. The number of nitrogens with one attached hydrogen (secondary N) is 2. The lowest BCUT2D eigenvalue weighted by molar-refractivity contribution is -0.125. The molecule has 140 valence electrons. The zero-order chi connectivity index (χ0) is 18.0. The first-order valence-electron chi connectivity index (χ1n) is 9.04. The average molecular weight is 360 g/mol. The minimum atomic E-state index is -0.489. The molecule has 1 unspecified atom stereocenters. The van der Waals surface area contributed by atoms with Crippen LogP contribution in [0.15, 0.2) is 24.3 Å². The number of anilines is 1. The molecule has 1 atom stereocenters. The number of benzene rings is 1. The summed E-state index contributed by atoms with van der Waals surface area (Å²) >= 11 is 0. The highest BCUT2D eigenvalue weighted by Gasteiger charge is 2.39. The van der Waals surface area contributed by atoms with Gasteiger partial charge in [-0.3, -0.25) is 9.69 Å². The van der Waals surface area contributed by atoms with Gasteiger partial charge in [0.15, 0.2) is 0 Å². The molecule has 1 aromatic carbocycles. The van der Waals surface area contributed by atoms with Crippen molar-refractivity contribution in [2.45, 2.75) is 5.60 Å². The summed E-state index contributed by atoms with van der Waals surface area (Å²) in [5.74, 6) is -0.0432. The number of hydrogen-bond acceptors (Lipinski definition) is 5. The van der Waals surface area contributed by atoms with Crippen molar-refractivity contribution in [3.63, 3.8) is 0 Å². The largest absolute Gasteiger partial charge is 0.377 e. The minimum Gasteiger partial charge on any atom is -0.377 e. The highest BCUT2D eigenvalue weighted by atomic mass is 16.5. The van der Waals surface area contributed by atoms with Crippen LogP contribution in [0, 0.1) is 0 Å². The molecule has 0 radical (unpaired) electrons. The fraction of sp³-hybridized carbons (Fsp3) is 0.556. The quantitative estimate of drug-likeness (QED) is 0.779. The van der Waals surface area contributed by atoms with Gasteiger partial charge in [-0.25, -0.2) is 4.79 Å². The predicted octanol–water partition coefficient (Wildman–Crippen LogP) is 0.0472. The van der Waals surface area contributed by atoms with E-state index in [4.69, 9.17) is 9.47 Å². The average Bonchev–Trinajstić information content (AvgIpc) is 2.98. The van der Waals surface area contributed by atoms with Crippen LogP contribution in [0.3, 0.4) is 0 Å². The molecule has 4 rings (SSSR count). The molecule has 8 heteroatoms. The van der Waals surface area contributed by atoms with Crippen molar-refractivity contribution in [1.29, 1.82) is 0 Å². The number of morpholine rings is 1. The van der Waals surface area contributed by atoms with Crippen LogP contribution >= 0.6 is 0 Å². The fourth-order valence-electron chi connectivity index (χ4n) is 3.69. The van der Waals surface area contributed by atoms with Crippen LogP contribution in [0.1, 0.15) is 10.4 Å². The number of carbonyl (C=O) groups is 2. The third kappa shape index (κ3) is 3.40. The molecule has 3 amide bonds. The van der Waals surface area contributed by atoms with E-state index in [1.165, 1.54) is 0 Å². The van der Waals surface area contributed by atoms with Crippen molar-refractivity contribution in [2.24, 2.45) is 0 Å². The summed E-state index contributed by atoms with van der Waals surface area (Å²) < 4.78 is 11.6. The zero-order valence-corrected chi connectivity index (χ0v) is 14.7. The molecule has 3 fully saturated rings. The Bertz CT molecular complexity index is 688. The van der Waals surface area contributed by atoms with Gasteiger partial charge in [0.25, 0.3) is 5.91 Å². The van der Waals surface area contributed by atoms with E-state index in [1.54, 1.807) is 17.0 Å². The van der Waals surface area contributed by atoms with Gasteiger partial charge in [0, 0.05) is 44.0 Å². The number of urea groups is 1. The molecule has 1 spiro atoms. The van der Waals surface area contributed by atoms with Crippen molar-refractivity contribution in [2.75, 3.05) is 64.0 Å². The summed E-state index contributed by atoms with van der Waals surface area (Å²) in [6, 6.07) is 7.13. The van der Waals surface area contributed by atoms with Gasteiger partial charge >= 0.3 is 6.03 Å². The Balaban J connectivity index is 1.51. The topological polar surface area (TPSA) is 83.1 Å². The Hall–Kier alpha value is -2.16. The van der Waals surface area contributed by atoms with Crippen molar-refractivity contribution < 1.29 is 19.1 Å². The number of carbonyl (C=O) groups excluding carboxylic acids is 2. The van der Waals surface area contributed by atoms with Crippen molar-refractivity contribution in [3.05, 3.63) is 29.8 Å². The van der Waals surface area contributed by atoms with E-state index in [1.807, 2.05) is 17.0 Å². The van der Waals surface area contributed by atoms with Crippen LogP contribution in [0.25, 0.3) is 0 Å². The second kappa shape index (κ2) is 7.22. The van der Waals surface area contributed by atoms with Crippen LogP contribution in [0.4, 0.5) is 10.5 Å². The highest BCUT2D eigenvalue weighted by Crippen LogP contribution is 2.23. The molecule has 26 heavy (non-hydrogen) atoms. The van der Waals surface area contributed by atoms with Crippen molar-refractivity contribution in [3.8, 4) is 0 Å². The Kier molecular flexibility index (Phi) is 4.80. The van der Waals surface area contributed by atoms with Crippen LogP contribution in [-0.4, -0.2) is 81.5 Å². The predicted molar refractivity (Wildman–Crippen MR) is 95.5 cm³/mol. The lowest BCUT2D eigenvalue weighted by Gasteiger charge is -2.41. The highest BCUT2D eigenvalue weighted by molar-refractivity contribution is 5.98. The molecule has 0 saturated carbocycles. The van der Waals surface area contributed by atoms with Gasteiger partial charge in [0.2, 0.25) is 0 Å². The maximum absolute atomic E-state index is 13.1. The standard InChI is InChI=1S/C18H24N4O4/c23-16(14-2-1-3-15(10-14)22-6-4-20-17(22)24)21-7-9-26-18(12-21)11-19-5-8-25-13-18/h1-3,10,19H,4-9,11-13H2,(H,20,24). The summed E-state index contributed by atoms with van der Waals surface area (Å²) in [4.78, 5) is 28.4. The summed E-state index contributed by atoms with van der Waals surface area (Å²) in [6.07, 6.45) is 0. The number of amides is 3. The van der Waals surface area contributed by atoms with Crippen LogP contribution in [-0.2, 0) is 9.47 Å². The molecule has 3 aliphatic heterocycles. The monoisotopic (exact) mass is 360 g/mol. The normalized spacial score (nSPS) is 26.7. The van der Waals surface area contributed by atoms with Gasteiger partial charge in [0.05, 0.1) is 26.4 Å².